The number of halogens is 1. The Labute approximate surface area is 220 Å². The highest BCUT2D eigenvalue weighted by Crippen LogP contribution is 2.60. The number of carbonyl (C=O) groups is 3. The van der Waals surface area contributed by atoms with Crippen LogP contribution < -0.4 is 0 Å². The van der Waals surface area contributed by atoms with Gasteiger partial charge in [-0.1, -0.05) is 71.9 Å². The van der Waals surface area contributed by atoms with Crippen LogP contribution in [0.3, 0.4) is 0 Å². The Hall–Kier alpha value is -2.49. The molecule has 0 aromatic heterocycles. The van der Waals surface area contributed by atoms with Crippen molar-refractivity contribution in [3.8, 4) is 0 Å². The summed E-state index contributed by atoms with van der Waals surface area (Å²) in [6, 6.07) is 8.01. The molecule has 1 spiro atoms. The molecule has 3 heterocycles. The van der Waals surface area contributed by atoms with Crippen LogP contribution in [-0.4, -0.2) is 81.1 Å². The molecule has 194 valence electrons. The minimum absolute atomic E-state index is 0.0212. The molecular formula is C27H33BrN2O6. The van der Waals surface area contributed by atoms with E-state index < -0.39 is 41.6 Å². The van der Waals surface area contributed by atoms with Crippen LogP contribution in [0.25, 0.3) is 0 Å². The van der Waals surface area contributed by atoms with Gasteiger partial charge in [0.05, 0.1) is 30.6 Å². The molecule has 3 saturated heterocycles. The molecule has 3 aliphatic heterocycles. The molecule has 2 bridgehead atoms. The molecule has 1 N–H and O–H groups in total. The maximum absolute atomic E-state index is 14.3. The lowest BCUT2D eigenvalue weighted by molar-refractivity contribution is -0.155. The Balaban J connectivity index is 1.77. The van der Waals surface area contributed by atoms with Crippen molar-refractivity contribution in [3.05, 3.63) is 61.2 Å². The fourth-order valence-electron chi connectivity index (χ4n) is 6.03. The van der Waals surface area contributed by atoms with Gasteiger partial charge >= 0.3 is 5.97 Å². The zero-order valence-electron chi connectivity index (χ0n) is 20.4. The van der Waals surface area contributed by atoms with Crippen molar-refractivity contribution < 1.29 is 29.0 Å². The van der Waals surface area contributed by atoms with Gasteiger partial charge < -0.3 is 24.4 Å². The first-order chi connectivity index (χ1) is 17.3. The zero-order valence-corrected chi connectivity index (χ0v) is 22.0. The van der Waals surface area contributed by atoms with Crippen molar-refractivity contribution in [1.29, 1.82) is 0 Å². The second-order valence-corrected chi connectivity index (χ2v) is 10.7. The molecule has 0 radical (unpaired) electrons. The lowest BCUT2D eigenvalue weighted by Gasteiger charge is -2.39. The Kier molecular flexibility index (Phi) is 8.02. The van der Waals surface area contributed by atoms with E-state index >= 15 is 0 Å². The molecule has 8 nitrogen and oxygen atoms in total. The summed E-state index contributed by atoms with van der Waals surface area (Å²) in [6.45, 7) is 9.58. The molecule has 3 aliphatic rings. The molecular weight excluding hydrogens is 528 g/mol. The number of carbonyl (C=O) groups excluding carboxylic acids is 3. The van der Waals surface area contributed by atoms with Gasteiger partial charge in [0.15, 0.2) is 0 Å². The van der Waals surface area contributed by atoms with Crippen molar-refractivity contribution in [2.75, 3.05) is 19.8 Å². The molecule has 1 aromatic carbocycles. The van der Waals surface area contributed by atoms with Gasteiger partial charge in [-0.2, -0.15) is 0 Å². The quantitative estimate of drug-likeness (QED) is 0.254. The number of aliphatic hydroxyl groups excluding tert-OH is 1. The van der Waals surface area contributed by atoms with Crippen molar-refractivity contribution in [2.45, 2.75) is 54.9 Å². The summed E-state index contributed by atoms with van der Waals surface area (Å²) >= 11 is 3.64. The molecule has 7 atom stereocenters. The Bertz CT molecular complexity index is 1010. The monoisotopic (exact) mass is 560 g/mol. The first-order valence-corrected chi connectivity index (χ1v) is 13.2. The predicted octanol–water partition coefficient (Wildman–Crippen LogP) is 2.45. The van der Waals surface area contributed by atoms with Crippen LogP contribution in [0.15, 0.2) is 55.6 Å². The fraction of sp³-hybridized carbons (Fsp3) is 0.519. The Morgan fingerprint density at radius 1 is 1.33 bits per heavy atom. The number of aliphatic hydroxyl groups is 1. The minimum atomic E-state index is -1.20. The van der Waals surface area contributed by atoms with Crippen LogP contribution in [0.4, 0.5) is 0 Å². The SMILES string of the molecule is C=CCOC(=O)[C@H]1[C@@H]2OC3(CC2Br)C(C(=O)N(CC=C)Cc2ccccc2)N([C@@H](CC)CO)C(=O)[C@H]13. The van der Waals surface area contributed by atoms with E-state index in [2.05, 4.69) is 29.1 Å². The van der Waals surface area contributed by atoms with Gasteiger partial charge in [0, 0.05) is 17.9 Å². The molecule has 0 aliphatic carbocycles. The average molecular weight is 561 g/mol. The van der Waals surface area contributed by atoms with Crippen molar-refractivity contribution in [2.24, 2.45) is 11.8 Å². The van der Waals surface area contributed by atoms with Crippen LogP contribution in [0.5, 0.6) is 0 Å². The smallest absolute Gasteiger partial charge is 0.312 e. The number of likely N-dealkylation sites (tertiary alicyclic amines) is 1. The summed E-state index contributed by atoms with van der Waals surface area (Å²) in [7, 11) is 0. The number of hydrogen-bond donors (Lipinski definition) is 1. The second-order valence-electron chi connectivity index (χ2n) is 9.57. The lowest BCUT2D eigenvalue weighted by atomic mass is 9.70. The summed E-state index contributed by atoms with van der Waals surface area (Å²) in [5.41, 5.74) is -0.267. The molecule has 4 rings (SSSR count). The van der Waals surface area contributed by atoms with Crippen LogP contribution in [-0.2, 0) is 30.4 Å². The maximum atomic E-state index is 14.3. The molecule has 1 aromatic rings. The van der Waals surface area contributed by atoms with E-state index in [9.17, 15) is 19.5 Å². The number of ether oxygens (including phenoxy) is 2. The average Bonchev–Trinajstić information content (AvgIpc) is 3.47. The topological polar surface area (TPSA) is 96.4 Å². The minimum Gasteiger partial charge on any atom is -0.461 e. The van der Waals surface area contributed by atoms with Crippen LogP contribution >= 0.6 is 15.9 Å². The third kappa shape index (κ3) is 4.31. The number of esters is 1. The first kappa shape index (κ1) is 26.6. The van der Waals surface area contributed by atoms with Gasteiger partial charge in [0.1, 0.15) is 18.2 Å². The Morgan fingerprint density at radius 3 is 2.67 bits per heavy atom. The van der Waals surface area contributed by atoms with E-state index in [4.69, 9.17) is 9.47 Å². The first-order valence-electron chi connectivity index (χ1n) is 12.3. The van der Waals surface area contributed by atoms with Gasteiger partial charge in [-0.15, -0.1) is 6.58 Å². The summed E-state index contributed by atoms with van der Waals surface area (Å²) in [5, 5.41) is 10.2. The predicted molar refractivity (Wildman–Crippen MR) is 137 cm³/mol. The highest BCUT2D eigenvalue weighted by Gasteiger charge is 2.77. The van der Waals surface area contributed by atoms with E-state index in [-0.39, 0.29) is 36.4 Å². The number of alkyl halides is 1. The van der Waals surface area contributed by atoms with Crippen LogP contribution in [0, 0.1) is 11.8 Å². The van der Waals surface area contributed by atoms with E-state index in [1.807, 2.05) is 37.3 Å². The van der Waals surface area contributed by atoms with E-state index in [0.717, 1.165) is 5.56 Å². The summed E-state index contributed by atoms with van der Waals surface area (Å²) in [4.78, 5) is 44.3. The van der Waals surface area contributed by atoms with Gasteiger partial charge in [0.25, 0.3) is 0 Å². The number of rotatable bonds is 11. The number of fused-ring (bicyclic) bond motifs is 1. The lowest BCUT2D eigenvalue weighted by Crippen LogP contribution is -2.58. The summed E-state index contributed by atoms with van der Waals surface area (Å²) in [6.07, 6.45) is 3.36. The molecule has 3 fully saturated rings. The van der Waals surface area contributed by atoms with Crippen LogP contribution in [0.1, 0.15) is 25.3 Å². The Morgan fingerprint density at radius 2 is 2.06 bits per heavy atom. The zero-order chi connectivity index (χ0) is 26.0. The molecule has 36 heavy (non-hydrogen) atoms. The van der Waals surface area contributed by atoms with Gasteiger partial charge in [-0.3, -0.25) is 14.4 Å². The number of benzene rings is 1. The number of amides is 2. The molecule has 9 heteroatoms. The number of nitrogens with zero attached hydrogens (tertiary/aromatic N) is 2. The summed E-state index contributed by atoms with van der Waals surface area (Å²) < 4.78 is 11.8. The normalized spacial score (nSPS) is 31.1. The van der Waals surface area contributed by atoms with Crippen molar-refractivity contribution in [1.82, 2.24) is 9.80 Å². The largest absolute Gasteiger partial charge is 0.461 e. The highest BCUT2D eigenvalue weighted by atomic mass is 79.9. The fourth-order valence-corrected chi connectivity index (χ4v) is 6.97. The molecule has 0 saturated carbocycles. The second kappa shape index (κ2) is 10.9. The van der Waals surface area contributed by atoms with Crippen LogP contribution in [0.2, 0.25) is 0 Å². The number of hydrogen-bond acceptors (Lipinski definition) is 6. The molecule has 3 unspecified atom stereocenters. The van der Waals surface area contributed by atoms with E-state index in [1.54, 1.807) is 11.0 Å². The van der Waals surface area contributed by atoms with E-state index in [0.29, 0.717) is 19.4 Å². The van der Waals surface area contributed by atoms with E-state index in [1.165, 1.54) is 11.0 Å². The highest BCUT2D eigenvalue weighted by molar-refractivity contribution is 9.09. The summed E-state index contributed by atoms with van der Waals surface area (Å²) in [5.74, 6) is -2.90. The van der Waals surface area contributed by atoms with Crippen molar-refractivity contribution in [3.63, 3.8) is 0 Å². The van der Waals surface area contributed by atoms with Gasteiger partial charge in [0.2, 0.25) is 11.8 Å². The van der Waals surface area contributed by atoms with Crippen molar-refractivity contribution >= 4 is 33.7 Å². The third-order valence-corrected chi connectivity index (χ3v) is 8.37. The molecule has 2 amide bonds. The maximum Gasteiger partial charge on any atom is 0.312 e. The van der Waals surface area contributed by atoms with Gasteiger partial charge in [-0.25, -0.2) is 0 Å². The van der Waals surface area contributed by atoms with Gasteiger partial charge in [-0.05, 0) is 18.4 Å². The third-order valence-electron chi connectivity index (χ3n) is 7.53. The standard InChI is InChI=1S/C27H33BrN2O6/c1-4-12-29(15-17-10-8-7-9-11-17)25(33)23-27-14-19(28)22(36-27)20(26(34)35-13-5-2)21(27)24(32)30(23)18(6-3)16-31/h4-5,7-11,18-23,31H,1-2,6,12-16H2,3H3/t18-,19?,20+,21-,22+,23?,27?/m0/s1.